The van der Waals surface area contributed by atoms with Crippen molar-refractivity contribution >= 4 is 11.9 Å². The standard InChI is InChI=1S/C21H21NO5/c1-4-17-19(21(24)25)22(20(17)23)18(13-5-9-15(26-2)10-6-13)14-7-11-16(27-3)12-8-14/h4-12,17-19H,1H2,2-3H3,(H,24,25). The molecule has 0 aromatic heterocycles. The highest BCUT2D eigenvalue weighted by Crippen LogP contribution is 2.41. The van der Waals surface area contributed by atoms with Crippen molar-refractivity contribution in [2.24, 2.45) is 5.92 Å². The summed E-state index contributed by atoms with van der Waals surface area (Å²) in [6.07, 6.45) is 1.40. The van der Waals surface area contributed by atoms with E-state index in [0.717, 1.165) is 11.1 Å². The molecule has 2 atom stereocenters. The van der Waals surface area contributed by atoms with Gasteiger partial charge in [0.05, 0.1) is 26.2 Å². The van der Waals surface area contributed by atoms with E-state index in [1.54, 1.807) is 38.5 Å². The maximum absolute atomic E-state index is 12.7. The van der Waals surface area contributed by atoms with E-state index in [2.05, 4.69) is 6.58 Å². The summed E-state index contributed by atoms with van der Waals surface area (Å²) in [6, 6.07) is 13.0. The number of carbonyl (C=O) groups is 2. The summed E-state index contributed by atoms with van der Waals surface area (Å²) >= 11 is 0. The molecule has 6 heteroatoms. The fourth-order valence-corrected chi connectivity index (χ4v) is 3.41. The molecular formula is C21H21NO5. The number of aliphatic carboxylic acids is 1. The Hall–Kier alpha value is -3.28. The molecule has 6 nitrogen and oxygen atoms in total. The second-order valence-electron chi connectivity index (χ2n) is 6.24. The molecule has 1 aliphatic rings. The lowest BCUT2D eigenvalue weighted by atomic mass is 9.82. The summed E-state index contributed by atoms with van der Waals surface area (Å²) in [7, 11) is 3.15. The Morgan fingerprint density at radius 2 is 1.48 bits per heavy atom. The molecule has 1 saturated heterocycles. The molecule has 1 heterocycles. The van der Waals surface area contributed by atoms with Crippen LogP contribution in [0, 0.1) is 5.92 Å². The van der Waals surface area contributed by atoms with Gasteiger partial charge in [-0.3, -0.25) is 4.79 Å². The van der Waals surface area contributed by atoms with Gasteiger partial charge in [0.2, 0.25) is 5.91 Å². The lowest BCUT2D eigenvalue weighted by Gasteiger charge is -2.48. The number of carboxylic acid groups (broad SMARTS) is 1. The molecule has 3 rings (SSSR count). The van der Waals surface area contributed by atoms with Crippen LogP contribution >= 0.6 is 0 Å². The second kappa shape index (κ2) is 7.53. The van der Waals surface area contributed by atoms with E-state index in [0.29, 0.717) is 11.5 Å². The molecular weight excluding hydrogens is 346 g/mol. The van der Waals surface area contributed by atoms with Crippen LogP contribution in [0.3, 0.4) is 0 Å². The van der Waals surface area contributed by atoms with Crippen molar-refractivity contribution in [3.05, 3.63) is 72.3 Å². The lowest BCUT2D eigenvalue weighted by molar-refractivity contribution is -0.170. The van der Waals surface area contributed by atoms with Gasteiger partial charge in [0, 0.05) is 0 Å². The number of rotatable bonds is 7. The number of methoxy groups -OCH3 is 2. The highest BCUT2D eigenvalue weighted by Gasteiger charge is 2.53. The van der Waals surface area contributed by atoms with Crippen LogP contribution < -0.4 is 9.47 Å². The summed E-state index contributed by atoms with van der Waals surface area (Å²) in [6.45, 7) is 3.61. The molecule has 0 bridgehead atoms. The van der Waals surface area contributed by atoms with Crippen molar-refractivity contribution in [1.29, 1.82) is 0 Å². The van der Waals surface area contributed by atoms with Gasteiger partial charge in [-0.1, -0.05) is 30.3 Å². The third-order valence-electron chi connectivity index (χ3n) is 4.83. The minimum absolute atomic E-state index is 0.256. The fourth-order valence-electron chi connectivity index (χ4n) is 3.41. The van der Waals surface area contributed by atoms with Gasteiger partial charge >= 0.3 is 5.97 Å². The van der Waals surface area contributed by atoms with E-state index < -0.39 is 24.0 Å². The summed E-state index contributed by atoms with van der Waals surface area (Å²) in [5, 5.41) is 9.65. The molecule has 1 fully saturated rings. The number of amides is 1. The Balaban J connectivity index is 2.07. The number of likely N-dealkylation sites (tertiary alicyclic amines) is 1. The van der Waals surface area contributed by atoms with Crippen LogP contribution in [0.15, 0.2) is 61.2 Å². The summed E-state index contributed by atoms with van der Waals surface area (Å²) < 4.78 is 10.4. The molecule has 0 spiro atoms. The van der Waals surface area contributed by atoms with Gasteiger partial charge in [-0.05, 0) is 35.4 Å². The van der Waals surface area contributed by atoms with Crippen LogP contribution in [0.25, 0.3) is 0 Å². The van der Waals surface area contributed by atoms with Crippen molar-refractivity contribution in [1.82, 2.24) is 4.90 Å². The third-order valence-corrected chi connectivity index (χ3v) is 4.83. The predicted octanol–water partition coefficient (Wildman–Crippen LogP) is 2.89. The van der Waals surface area contributed by atoms with Crippen molar-refractivity contribution in [3.8, 4) is 11.5 Å². The van der Waals surface area contributed by atoms with E-state index in [-0.39, 0.29) is 5.91 Å². The first-order chi connectivity index (χ1) is 13.0. The van der Waals surface area contributed by atoms with Crippen molar-refractivity contribution in [2.75, 3.05) is 14.2 Å². The molecule has 140 valence electrons. The second-order valence-corrected chi connectivity index (χ2v) is 6.24. The minimum Gasteiger partial charge on any atom is -0.497 e. The highest BCUT2D eigenvalue weighted by molar-refractivity contribution is 5.98. The van der Waals surface area contributed by atoms with E-state index in [9.17, 15) is 14.7 Å². The molecule has 0 radical (unpaired) electrons. The molecule has 2 unspecified atom stereocenters. The number of β-lactam (4-membered cyclic amide) rings is 1. The fraction of sp³-hybridized carbons (Fsp3) is 0.238. The van der Waals surface area contributed by atoms with Crippen LogP contribution in [0.5, 0.6) is 11.5 Å². The van der Waals surface area contributed by atoms with Crippen molar-refractivity contribution < 1.29 is 24.2 Å². The molecule has 2 aromatic rings. The molecule has 1 amide bonds. The zero-order valence-corrected chi connectivity index (χ0v) is 15.2. The van der Waals surface area contributed by atoms with Crippen LogP contribution in [0.2, 0.25) is 0 Å². The van der Waals surface area contributed by atoms with Gasteiger partial charge in [-0.25, -0.2) is 4.79 Å². The number of carboxylic acids is 1. The summed E-state index contributed by atoms with van der Waals surface area (Å²) in [5.41, 5.74) is 1.59. The van der Waals surface area contributed by atoms with Crippen LogP contribution in [0.1, 0.15) is 17.2 Å². The molecule has 0 saturated carbocycles. The first-order valence-corrected chi connectivity index (χ1v) is 8.47. The average Bonchev–Trinajstić information content (AvgIpc) is 2.70. The van der Waals surface area contributed by atoms with E-state index in [4.69, 9.17) is 9.47 Å². The average molecular weight is 367 g/mol. The van der Waals surface area contributed by atoms with Crippen molar-refractivity contribution in [3.63, 3.8) is 0 Å². The van der Waals surface area contributed by atoms with Gasteiger partial charge in [-0.15, -0.1) is 6.58 Å². The number of nitrogens with zero attached hydrogens (tertiary/aromatic N) is 1. The Morgan fingerprint density at radius 3 is 1.81 bits per heavy atom. The molecule has 27 heavy (non-hydrogen) atoms. The Kier molecular flexibility index (Phi) is 5.16. The zero-order valence-electron chi connectivity index (χ0n) is 15.2. The van der Waals surface area contributed by atoms with Crippen LogP contribution in [0.4, 0.5) is 0 Å². The van der Waals surface area contributed by atoms with Gasteiger partial charge < -0.3 is 19.5 Å². The molecule has 1 N–H and O–H groups in total. The maximum atomic E-state index is 12.7. The zero-order chi connectivity index (χ0) is 19.6. The maximum Gasteiger partial charge on any atom is 0.327 e. The first-order valence-electron chi connectivity index (χ1n) is 8.47. The highest BCUT2D eigenvalue weighted by atomic mass is 16.5. The van der Waals surface area contributed by atoms with Crippen LogP contribution in [-0.2, 0) is 9.59 Å². The largest absolute Gasteiger partial charge is 0.497 e. The molecule has 1 aliphatic heterocycles. The quantitative estimate of drug-likeness (QED) is 0.602. The number of carbonyl (C=O) groups excluding carboxylic acids is 1. The minimum atomic E-state index is -1.05. The molecule has 2 aromatic carbocycles. The predicted molar refractivity (Wildman–Crippen MR) is 99.8 cm³/mol. The van der Waals surface area contributed by atoms with Crippen LogP contribution in [-0.4, -0.2) is 42.1 Å². The van der Waals surface area contributed by atoms with Gasteiger partial charge in [0.1, 0.15) is 17.5 Å². The van der Waals surface area contributed by atoms with Gasteiger partial charge in [0.15, 0.2) is 0 Å². The van der Waals surface area contributed by atoms with E-state index in [1.807, 2.05) is 24.3 Å². The normalized spacial score (nSPS) is 18.8. The smallest absolute Gasteiger partial charge is 0.327 e. The van der Waals surface area contributed by atoms with Gasteiger partial charge in [0.25, 0.3) is 0 Å². The first kappa shape index (κ1) is 18.5. The topological polar surface area (TPSA) is 76.1 Å². The summed E-state index contributed by atoms with van der Waals surface area (Å²) in [5.74, 6) is -0.663. The number of hydrogen-bond acceptors (Lipinski definition) is 4. The number of ether oxygens (including phenoxy) is 2. The van der Waals surface area contributed by atoms with Gasteiger partial charge in [-0.2, -0.15) is 0 Å². The van der Waals surface area contributed by atoms with E-state index in [1.165, 1.54) is 11.0 Å². The van der Waals surface area contributed by atoms with Crippen molar-refractivity contribution in [2.45, 2.75) is 12.1 Å². The Morgan fingerprint density at radius 1 is 1.04 bits per heavy atom. The lowest BCUT2D eigenvalue weighted by Crippen LogP contribution is -2.64. The number of benzene rings is 2. The Bertz CT molecular complexity index is 796. The third kappa shape index (κ3) is 3.26. The molecule has 0 aliphatic carbocycles. The van der Waals surface area contributed by atoms with E-state index >= 15 is 0 Å². The SMILES string of the molecule is C=CC1C(=O)N(C(c2ccc(OC)cc2)c2ccc(OC)cc2)C1C(=O)O. The summed E-state index contributed by atoms with van der Waals surface area (Å²) in [4.78, 5) is 25.9. The number of hydrogen-bond donors (Lipinski definition) is 1. The monoisotopic (exact) mass is 367 g/mol. The Labute approximate surface area is 157 Å².